The van der Waals surface area contributed by atoms with Crippen LogP contribution in [-0.4, -0.2) is 48.6 Å². The molecule has 0 bridgehead atoms. The second kappa shape index (κ2) is 10.6. The van der Waals surface area contributed by atoms with Gasteiger partial charge in [0.1, 0.15) is 11.4 Å². The largest absolute Gasteiger partial charge is 0.573 e. The highest BCUT2D eigenvalue weighted by Gasteiger charge is 2.31. The maximum atomic E-state index is 13.2. The number of benzene rings is 1. The Morgan fingerprint density at radius 2 is 1.89 bits per heavy atom. The van der Waals surface area contributed by atoms with Crippen molar-refractivity contribution in [3.8, 4) is 28.4 Å². The van der Waals surface area contributed by atoms with E-state index in [1.807, 2.05) is 6.07 Å². The highest BCUT2D eigenvalue weighted by atomic mass is 19.4. The van der Waals surface area contributed by atoms with E-state index in [0.717, 1.165) is 5.56 Å². The maximum absolute atomic E-state index is 13.2. The second-order valence-electron chi connectivity index (χ2n) is 8.18. The SMILES string of the molecule is Cn1cc(-c2nc(C(=O)CC(CO)Cc3cccnc3)cc(-c3ccc(OC(F)(F)F)cc3)n2)cn1. The number of Topliss-reactive ketones (excluding diaryl/α,β-unsaturated/α-hetero) is 1. The van der Waals surface area contributed by atoms with Crippen LogP contribution in [0.5, 0.6) is 5.75 Å². The minimum Gasteiger partial charge on any atom is -0.406 e. The molecule has 186 valence electrons. The number of aromatic nitrogens is 5. The van der Waals surface area contributed by atoms with Crippen LogP contribution in [0.1, 0.15) is 22.5 Å². The van der Waals surface area contributed by atoms with Crippen molar-refractivity contribution < 1.29 is 27.8 Å². The maximum Gasteiger partial charge on any atom is 0.573 e. The molecule has 1 aromatic carbocycles. The summed E-state index contributed by atoms with van der Waals surface area (Å²) in [5.74, 6) is -0.776. The van der Waals surface area contributed by atoms with Gasteiger partial charge in [-0.1, -0.05) is 6.07 Å². The van der Waals surface area contributed by atoms with E-state index < -0.39 is 6.36 Å². The third kappa shape index (κ3) is 6.51. The zero-order valence-corrected chi connectivity index (χ0v) is 19.2. The molecule has 3 aromatic heterocycles. The number of pyridine rings is 1. The minimum absolute atomic E-state index is 0.0344. The van der Waals surface area contributed by atoms with Crippen LogP contribution in [0.25, 0.3) is 22.6 Å². The number of alkyl halides is 3. The summed E-state index contributed by atoms with van der Waals surface area (Å²) in [4.78, 5) is 26.2. The zero-order valence-electron chi connectivity index (χ0n) is 19.2. The number of ketones is 1. The van der Waals surface area contributed by atoms with Crippen molar-refractivity contribution in [1.82, 2.24) is 24.7 Å². The van der Waals surface area contributed by atoms with E-state index in [1.54, 1.807) is 42.6 Å². The van der Waals surface area contributed by atoms with E-state index in [1.165, 1.54) is 30.3 Å². The molecule has 4 rings (SSSR count). The lowest BCUT2D eigenvalue weighted by Crippen LogP contribution is -2.17. The third-order valence-electron chi connectivity index (χ3n) is 5.34. The molecule has 1 atom stereocenters. The van der Waals surface area contributed by atoms with Crippen molar-refractivity contribution in [2.75, 3.05) is 6.61 Å². The Morgan fingerprint density at radius 3 is 2.50 bits per heavy atom. The molecule has 0 fully saturated rings. The summed E-state index contributed by atoms with van der Waals surface area (Å²) in [6.07, 6.45) is 2.26. The quantitative estimate of drug-likeness (QED) is 0.345. The van der Waals surface area contributed by atoms with Gasteiger partial charge in [-0.05, 0) is 54.3 Å². The molecule has 0 radical (unpaired) electrons. The predicted molar refractivity (Wildman–Crippen MR) is 124 cm³/mol. The lowest BCUT2D eigenvalue weighted by atomic mass is 9.94. The summed E-state index contributed by atoms with van der Waals surface area (Å²) in [7, 11) is 1.73. The van der Waals surface area contributed by atoms with Crippen LogP contribution < -0.4 is 4.74 Å². The molecule has 4 aromatic rings. The lowest BCUT2D eigenvalue weighted by Gasteiger charge is -2.14. The number of aliphatic hydroxyl groups excluding tert-OH is 1. The lowest BCUT2D eigenvalue weighted by molar-refractivity contribution is -0.274. The van der Waals surface area contributed by atoms with Crippen LogP contribution in [-0.2, 0) is 13.5 Å². The number of halogens is 3. The van der Waals surface area contributed by atoms with Crippen molar-refractivity contribution in [1.29, 1.82) is 0 Å². The Labute approximate surface area is 204 Å². The standard InChI is InChI=1S/C25H22F3N5O3/c1-33-14-19(13-30-33)24-31-21(18-4-6-20(7-5-18)36-25(26,27)28)11-22(32-24)23(35)10-17(15-34)9-16-3-2-8-29-12-16/h2-8,11-14,17,34H,9-10,15H2,1H3. The molecule has 0 aliphatic carbocycles. The molecular formula is C25H22F3N5O3. The molecule has 1 unspecified atom stereocenters. The predicted octanol–water partition coefficient (Wildman–Crippen LogP) is 4.26. The molecule has 0 spiro atoms. The van der Waals surface area contributed by atoms with E-state index in [9.17, 15) is 23.1 Å². The van der Waals surface area contributed by atoms with E-state index in [4.69, 9.17) is 0 Å². The second-order valence-corrected chi connectivity index (χ2v) is 8.18. The Balaban J connectivity index is 1.64. The summed E-state index contributed by atoms with van der Waals surface area (Å²) in [6.45, 7) is -0.200. The van der Waals surface area contributed by atoms with Crippen LogP contribution in [0.2, 0.25) is 0 Å². The van der Waals surface area contributed by atoms with Gasteiger partial charge >= 0.3 is 6.36 Å². The summed E-state index contributed by atoms with van der Waals surface area (Å²) in [6, 6.07) is 10.3. The number of aliphatic hydroxyl groups is 1. The number of rotatable bonds is 9. The fourth-order valence-electron chi connectivity index (χ4n) is 3.65. The van der Waals surface area contributed by atoms with Gasteiger partial charge in [0, 0.05) is 44.2 Å². The van der Waals surface area contributed by atoms with Crippen LogP contribution in [0.4, 0.5) is 13.2 Å². The van der Waals surface area contributed by atoms with Gasteiger partial charge in [0.15, 0.2) is 11.6 Å². The molecular weight excluding hydrogens is 475 g/mol. The highest BCUT2D eigenvalue weighted by Crippen LogP contribution is 2.28. The third-order valence-corrected chi connectivity index (χ3v) is 5.34. The van der Waals surface area contributed by atoms with Gasteiger partial charge in [-0.25, -0.2) is 9.97 Å². The Hall–Kier alpha value is -4.12. The average Bonchev–Trinajstić information content (AvgIpc) is 3.29. The number of hydrogen-bond acceptors (Lipinski definition) is 7. The van der Waals surface area contributed by atoms with Crippen molar-refractivity contribution in [2.24, 2.45) is 13.0 Å². The number of nitrogens with zero attached hydrogens (tertiary/aromatic N) is 5. The smallest absolute Gasteiger partial charge is 0.406 e. The van der Waals surface area contributed by atoms with Crippen molar-refractivity contribution >= 4 is 5.78 Å². The van der Waals surface area contributed by atoms with Gasteiger partial charge in [0.2, 0.25) is 0 Å². The molecule has 0 amide bonds. The number of ether oxygens (including phenoxy) is 1. The minimum atomic E-state index is -4.80. The van der Waals surface area contributed by atoms with Crippen LogP contribution in [0, 0.1) is 5.92 Å². The fourth-order valence-corrected chi connectivity index (χ4v) is 3.65. The first-order valence-corrected chi connectivity index (χ1v) is 11.0. The normalized spacial score (nSPS) is 12.4. The van der Waals surface area contributed by atoms with Gasteiger partial charge in [0.05, 0.1) is 17.5 Å². The molecule has 0 saturated heterocycles. The zero-order chi connectivity index (χ0) is 25.7. The highest BCUT2D eigenvalue weighted by molar-refractivity contribution is 5.95. The molecule has 11 heteroatoms. The van der Waals surface area contributed by atoms with E-state index >= 15 is 0 Å². The molecule has 1 N–H and O–H groups in total. The fraction of sp³-hybridized carbons (Fsp3) is 0.240. The van der Waals surface area contributed by atoms with Crippen LogP contribution in [0.3, 0.4) is 0 Å². The van der Waals surface area contributed by atoms with Crippen molar-refractivity contribution in [2.45, 2.75) is 19.2 Å². The molecule has 3 heterocycles. The van der Waals surface area contributed by atoms with E-state index in [2.05, 4.69) is 24.8 Å². The van der Waals surface area contributed by atoms with Gasteiger partial charge in [0.25, 0.3) is 0 Å². The summed E-state index contributed by atoms with van der Waals surface area (Å²) in [5.41, 5.74) is 2.40. The van der Waals surface area contributed by atoms with Crippen LogP contribution in [0.15, 0.2) is 67.3 Å². The molecule has 36 heavy (non-hydrogen) atoms. The number of carbonyl (C=O) groups is 1. The number of hydrogen-bond donors (Lipinski definition) is 1. The monoisotopic (exact) mass is 497 g/mol. The Kier molecular flexibility index (Phi) is 7.39. The van der Waals surface area contributed by atoms with E-state index in [0.29, 0.717) is 23.2 Å². The summed E-state index contributed by atoms with van der Waals surface area (Å²) >= 11 is 0. The van der Waals surface area contributed by atoms with Crippen molar-refractivity contribution in [3.05, 3.63) is 78.5 Å². The van der Waals surface area contributed by atoms with Gasteiger partial charge in [-0.3, -0.25) is 14.5 Å². The van der Waals surface area contributed by atoms with Gasteiger partial charge in [-0.2, -0.15) is 5.10 Å². The first-order valence-electron chi connectivity index (χ1n) is 11.0. The topological polar surface area (TPSA) is 103 Å². The molecule has 0 aliphatic rings. The summed E-state index contributed by atoms with van der Waals surface area (Å²) in [5, 5.41) is 14.0. The summed E-state index contributed by atoms with van der Waals surface area (Å²) < 4.78 is 43.0. The molecule has 0 aliphatic heterocycles. The molecule has 0 saturated carbocycles. The number of carbonyl (C=O) groups excluding carboxylic acids is 1. The van der Waals surface area contributed by atoms with Crippen LogP contribution >= 0.6 is 0 Å². The van der Waals surface area contributed by atoms with E-state index in [-0.39, 0.29) is 42.0 Å². The van der Waals surface area contributed by atoms with Gasteiger partial charge < -0.3 is 9.84 Å². The number of aryl methyl sites for hydroxylation is 1. The molecule has 8 nitrogen and oxygen atoms in total. The average molecular weight is 497 g/mol. The van der Waals surface area contributed by atoms with Gasteiger partial charge in [-0.15, -0.1) is 13.2 Å². The first kappa shape index (κ1) is 25.0. The van der Waals surface area contributed by atoms with Crippen molar-refractivity contribution in [3.63, 3.8) is 0 Å². The Bertz CT molecular complexity index is 1330. The Morgan fingerprint density at radius 1 is 1.11 bits per heavy atom. The first-order chi connectivity index (χ1) is 17.2.